The van der Waals surface area contributed by atoms with Gasteiger partial charge in [-0.25, -0.2) is 13.2 Å². The summed E-state index contributed by atoms with van der Waals surface area (Å²) in [6.45, 7) is 1.77. The molecular formula is C25H22BrNO4S. The number of carbonyl (C=O) groups is 1. The van der Waals surface area contributed by atoms with Crippen molar-refractivity contribution in [3.8, 4) is 0 Å². The number of nitrogens with zero attached hydrogens (tertiary/aromatic N) is 1. The van der Waals surface area contributed by atoms with Gasteiger partial charge in [0.05, 0.1) is 22.2 Å². The minimum Gasteiger partial charge on any atom is -0.456 e. The van der Waals surface area contributed by atoms with E-state index in [2.05, 4.69) is 15.9 Å². The third-order valence-electron chi connectivity index (χ3n) is 5.34. The molecule has 4 rings (SSSR count). The van der Waals surface area contributed by atoms with E-state index in [-0.39, 0.29) is 11.5 Å². The van der Waals surface area contributed by atoms with E-state index in [0.717, 1.165) is 15.6 Å². The van der Waals surface area contributed by atoms with Crippen LogP contribution >= 0.6 is 15.9 Å². The molecule has 7 heteroatoms. The second-order valence-electron chi connectivity index (χ2n) is 7.55. The fourth-order valence-electron chi connectivity index (χ4n) is 3.66. The van der Waals surface area contributed by atoms with Gasteiger partial charge < -0.3 is 4.74 Å². The summed E-state index contributed by atoms with van der Waals surface area (Å²) in [5.41, 5.74) is 2.71. The maximum absolute atomic E-state index is 13.6. The van der Waals surface area contributed by atoms with Gasteiger partial charge in [-0.2, -0.15) is 0 Å². The van der Waals surface area contributed by atoms with Crippen molar-refractivity contribution in [2.45, 2.75) is 24.3 Å². The summed E-state index contributed by atoms with van der Waals surface area (Å²) >= 11 is 3.34. The Bertz CT molecular complexity index is 1240. The first-order valence-electron chi connectivity index (χ1n) is 10.1. The second kappa shape index (κ2) is 9.30. The van der Waals surface area contributed by atoms with Gasteiger partial charge in [0.15, 0.2) is 0 Å². The number of sulfonamides is 1. The number of carbonyl (C=O) groups excluding carboxylic acids is 1. The van der Waals surface area contributed by atoms with Crippen LogP contribution in [0.2, 0.25) is 0 Å². The van der Waals surface area contributed by atoms with E-state index >= 15 is 0 Å². The van der Waals surface area contributed by atoms with Crippen molar-refractivity contribution >= 4 is 31.9 Å². The Hall–Kier alpha value is -2.90. The van der Waals surface area contributed by atoms with Crippen LogP contribution < -0.4 is 0 Å². The van der Waals surface area contributed by atoms with E-state index in [1.54, 1.807) is 48.5 Å². The summed E-state index contributed by atoms with van der Waals surface area (Å²) in [5, 5.41) is 0. The average Bonchev–Trinajstić information content (AvgIpc) is 3.24. The third-order valence-corrected chi connectivity index (χ3v) is 7.74. The summed E-state index contributed by atoms with van der Waals surface area (Å²) in [7, 11) is -3.85. The number of benzene rings is 3. The fraction of sp³-hybridized carbons (Fsp3) is 0.160. The van der Waals surface area contributed by atoms with Gasteiger partial charge in [0.25, 0.3) is 10.0 Å². The number of hydrogen-bond donors (Lipinski definition) is 0. The summed E-state index contributed by atoms with van der Waals surface area (Å²) in [6, 6.07) is 22.7. The molecule has 0 radical (unpaired) electrons. The number of aryl methyl sites for hydroxylation is 1. The Balaban J connectivity index is 1.62. The van der Waals surface area contributed by atoms with Crippen LogP contribution in [0.25, 0.3) is 0 Å². The van der Waals surface area contributed by atoms with Crippen LogP contribution in [0.4, 0.5) is 0 Å². The maximum atomic E-state index is 13.6. The lowest BCUT2D eigenvalue weighted by Gasteiger charge is -2.29. The molecule has 3 aromatic carbocycles. The van der Waals surface area contributed by atoms with E-state index in [0.29, 0.717) is 17.7 Å². The molecule has 1 aliphatic rings. The highest BCUT2D eigenvalue weighted by atomic mass is 79.9. The summed E-state index contributed by atoms with van der Waals surface area (Å²) in [5.74, 6) is -0.505. The molecule has 32 heavy (non-hydrogen) atoms. The van der Waals surface area contributed by atoms with E-state index in [9.17, 15) is 13.2 Å². The molecule has 164 valence electrons. The highest BCUT2D eigenvalue weighted by Gasteiger charge is 2.37. The molecule has 0 amide bonds. The number of rotatable bonds is 6. The number of ether oxygens (including phenoxy) is 1. The number of esters is 1. The van der Waals surface area contributed by atoms with Gasteiger partial charge in [-0.3, -0.25) is 4.31 Å². The molecule has 1 aliphatic heterocycles. The van der Waals surface area contributed by atoms with Crippen LogP contribution in [-0.4, -0.2) is 25.3 Å². The van der Waals surface area contributed by atoms with Crippen LogP contribution in [0.15, 0.2) is 100 Å². The van der Waals surface area contributed by atoms with Crippen molar-refractivity contribution in [2.24, 2.45) is 0 Å². The Kier molecular flexibility index (Phi) is 6.48. The molecule has 1 atom stereocenters. The van der Waals surface area contributed by atoms with Crippen LogP contribution in [0.5, 0.6) is 0 Å². The Morgan fingerprint density at radius 1 is 1.00 bits per heavy atom. The van der Waals surface area contributed by atoms with Crippen molar-refractivity contribution in [1.29, 1.82) is 0 Å². The first-order valence-corrected chi connectivity index (χ1v) is 12.4. The van der Waals surface area contributed by atoms with E-state index in [1.807, 2.05) is 43.3 Å². The highest BCUT2D eigenvalue weighted by Crippen LogP contribution is 2.39. The summed E-state index contributed by atoms with van der Waals surface area (Å²) < 4.78 is 35.0. The van der Waals surface area contributed by atoms with Gasteiger partial charge in [0, 0.05) is 4.47 Å². The molecule has 1 unspecified atom stereocenters. The molecule has 0 bridgehead atoms. The monoisotopic (exact) mass is 511 g/mol. The smallest absolute Gasteiger partial charge is 0.338 e. The van der Waals surface area contributed by atoms with E-state index in [1.165, 1.54) is 4.31 Å². The fourth-order valence-corrected chi connectivity index (χ4v) is 5.61. The molecule has 0 fully saturated rings. The van der Waals surface area contributed by atoms with Crippen molar-refractivity contribution in [3.05, 3.63) is 112 Å². The zero-order valence-electron chi connectivity index (χ0n) is 17.4. The minimum atomic E-state index is -3.85. The topological polar surface area (TPSA) is 63.7 Å². The van der Waals surface area contributed by atoms with Crippen molar-refractivity contribution in [3.63, 3.8) is 0 Å². The molecule has 0 N–H and O–H groups in total. The predicted octanol–water partition coefficient (Wildman–Crippen LogP) is 5.63. The maximum Gasteiger partial charge on any atom is 0.338 e. The van der Waals surface area contributed by atoms with Gasteiger partial charge in [-0.15, -0.1) is 0 Å². The standard InChI is InChI=1S/C25H22BrNO4S/c1-18-7-14-23(15-8-18)32(29,30)27-22(13-16-24(27)19-5-3-2-4-6-19)17-31-25(28)20-9-11-21(26)12-10-20/h2-15,24H,16-17H2,1H3. The lowest BCUT2D eigenvalue weighted by molar-refractivity contribution is 0.0524. The lowest BCUT2D eigenvalue weighted by atomic mass is 10.1. The number of hydrogen-bond acceptors (Lipinski definition) is 4. The van der Waals surface area contributed by atoms with Gasteiger partial charge in [0.1, 0.15) is 6.61 Å². The molecule has 0 saturated heterocycles. The summed E-state index contributed by atoms with van der Waals surface area (Å²) in [6.07, 6.45) is 2.33. The van der Waals surface area contributed by atoms with Crippen LogP contribution in [0.1, 0.15) is 33.9 Å². The van der Waals surface area contributed by atoms with Crippen molar-refractivity contribution in [1.82, 2.24) is 4.31 Å². The molecule has 0 aliphatic carbocycles. The average molecular weight is 512 g/mol. The van der Waals surface area contributed by atoms with Crippen molar-refractivity contribution < 1.29 is 17.9 Å². The zero-order valence-corrected chi connectivity index (χ0v) is 19.8. The Morgan fingerprint density at radius 3 is 2.31 bits per heavy atom. The van der Waals surface area contributed by atoms with Crippen LogP contribution in [0, 0.1) is 6.92 Å². The number of halogens is 1. The first-order chi connectivity index (χ1) is 15.4. The van der Waals surface area contributed by atoms with Gasteiger partial charge in [-0.1, -0.05) is 70.0 Å². The van der Waals surface area contributed by atoms with Crippen LogP contribution in [0.3, 0.4) is 0 Å². The normalized spacial score (nSPS) is 16.0. The lowest BCUT2D eigenvalue weighted by Crippen LogP contribution is -2.33. The molecular weight excluding hydrogens is 490 g/mol. The van der Waals surface area contributed by atoms with E-state index < -0.39 is 22.0 Å². The largest absolute Gasteiger partial charge is 0.456 e. The molecule has 3 aromatic rings. The first kappa shape index (κ1) is 22.3. The summed E-state index contributed by atoms with van der Waals surface area (Å²) in [4.78, 5) is 12.7. The highest BCUT2D eigenvalue weighted by molar-refractivity contribution is 9.10. The van der Waals surface area contributed by atoms with E-state index in [4.69, 9.17) is 4.74 Å². The third kappa shape index (κ3) is 4.64. The molecule has 0 spiro atoms. The molecule has 0 aromatic heterocycles. The second-order valence-corrected chi connectivity index (χ2v) is 10.3. The SMILES string of the molecule is Cc1ccc(S(=O)(=O)N2C(COC(=O)c3ccc(Br)cc3)=CCC2c2ccccc2)cc1. The van der Waals surface area contributed by atoms with Gasteiger partial charge in [0.2, 0.25) is 0 Å². The molecule has 5 nitrogen and oxygen atoms in total. The zero-order chi connectivity index (χ0) is 22.7. The Labute approximate surface area is 196 Å². The van der Waals surface area contributed by atoms with Gasteiger partial charge >= 0.3 is 5.97 Å². The van der Waals surface area contributed by atoms with Gasteiger partial charge in [-0.05, 0) is 55.3 Å². The van der Waals surface area contributed by atoms with Crippen molar-refractivity contribution in [2.75, 3.05) is 6.61 Å². The predicted molar refractivity (Wildman–Crippen MR) is 127 cm³/mol. The quantitative estimate of drug-likeness (QED) is 0.402. The Morgan fingerprint density at radius 2 is 1.66 bits per heavy atom. The molecule has 1 heterocycles. The minimum absolute atomic E-state index is 0.136. The molecule has 0 saturated carbocycles. The van der Waals surface area contributed by atoms with Crippen LogP contribution in [-0.2, 0) is 14.8 Å².